The molecule has 2 aromatic carbocycles. The highest BCUT2D eigenvalue weighted by atomic mass is 35.5. The SMILES string of the molecule is COC(=O)C1CN(CC2=C(Cl)c3ccc(OC[C@@H](C)Cc4ccc(Cl)cc4)cc3CC2)C1. The van der Waals surface area contributed by atoms with Gasteiger partial charge in [-0.15, -0.1) is 0 Å². The molecule has 2 aliphatic rings. The molecular weight excluding hydrogens is 445 g/mol. The summed E-state index contributed by atoms with van der Waals surface area (Å²) in [5.74, 6) is 1.17. The van der Waals surface area contributed by atoms with Crippen LogP contribution in [0, 0.1) is 11.8 Å². The quantitative estimate of drug-likeness (QED) is 0.467. The number of methoxy groups -OCH3 is 1. The fourth-order valence-electron chi connectivity index (χ4n) is 4.42. The monoisotopic (exact) mass is 473 g/mol. The van der Waals surface area contributed by atoms with Crippen molar-refractivity contribution in [1.82, 2.24) is 4.90 Å². The van der Waals surface area contributed by atoms with E-state index in [9.17, 15) is 4.79 Å². The normalized spacial score (nSPS) is 17.5. The summed E-state index contributed by atoms with van der Waals surface area (Å²) < 4.78 is 10.9. The second-order valence-corrected chi connectivity index (χ2v) is 9.71. The van der Waals surface area contributed by atoms with Gasteiger partial charge in [0.05, 0.1) is 19.6 Å². The maximum Gasteiger partial charge on any atom is 0.311 e. The topological polar surface area (TPSA) is 38.8 Å². The molecule has 4 nitrogen and oxygen atoms in total. The Morgan fingerprint density at radius 1 is 1.12 bits per heavy atom. The van der Waals surface area contributed by atoms with Gasteiger partial charge < -0.3 is 9.47 Å². The summed E-state index contributed by atoms with van der Waals surface area (Å²) >= 11 is 12.7. The number of halogens is 2. The molecule has 32 heavy (non-hydrogen) atoms. The van der Waals surface area contributed by atoms with E-state index in [4.69, 9.17) is 32.7 Å². The number of ether oxygens (including phenoxy) is 2. The molecule has 0 unspecified atom stereocenters. The first-order chi connectivity index (χ1) is 15.4. The standard InChI is InChI=1S/C26H29Cl2NO3/c1-17(11-18-3-7-22(27)8-4-18)16-32-23-9-10-24-19(12-23)5-6-20(25(24)28)13-29-14-21(15-29)26(30)31-2/h3-4,7-10,12,17,21H,5-6,11,13-16H2,1-2H3/t17-/m0/s1. The third-order valence-electron chi connectivity index (χ3n) is 6.26. The molecule has 6 heteroatoms. The number of hydrogen-bond donors (Lipinski definition) is 0. The molecule has 0 aromatic heterocycles. The average molecular weight is 474 g/mol. The maximum atomic E-state index is 11.6. The third kappa shape index (κ3) is 5.48. The number of carbonyl (C=O) groups excluding carboxylic acids is 1. The van der Waals surface area contributed by atoms with E-state index in [0.29, 0.717) is 12.5 Å². The summed E-state index contributed by atoms with van der Waals surface area (Å²) in [6, 6.07) is 14.2. The van der Waals surface area contributed by atoms with Crippen LogP contribution in [0.4, 0.5) is 0 Å². The van der Waals surface area contributed by atoms with Gasteiger partial charge in [0.15, 0.2) is 0 Å². The summed E-state index contributed by atoms with van der Waals surface area (Å²) in [6.45, 7) is 5.15. The Kier molecular flexibility index (Phi) is 7.44. The van der Waals surface area contributed by atoms with Gasteiger partial charge in [-0.3, -0.25) is 9.69 Å². The van der Waals surface area contributed by atoms with Gasteiger partial charge in [-0.25, -0.2) is 0 Å². The number of likely N-dealkylation sites (tertiary alicyclic amines) is 1. The molecule has 1 atom stereocenters. The molecule has 2 aromatic rings. The van der Waals surface area contributed by atoms with E-state index >= 15 is 0 Å². The van der Waals surface area contributed by atoms with Crippen molar-refractivity contribution in [1.29, 1.82) is 0 Å². The lowest BCUT2D eigenvalue weighted by Crippen LogP contribution is -2.51. The predicted molar refractivity (Wildman–Crippen MR) is 129 cm³/mol. The summed E-state index contributed by atoms with van der Waals surface area (Å²) in [5.41, 5.74) is 4.84. The minimum Gasteiger partial charge on any atom is -0.493 e. The van der Waals surface area contributed by atoms with E-state index in [1.807, 2.05) is 18.2 Å². The fourth-order valence-corrected chi connectivity index (χ4v) is 4.88. The Balaban J connectivity index is 1.32. The molecule has 4 rings (SSSR count). The van der Waals surface area contributed by atoms with Gasteiger partial charge in [-0.1, -0.05) is 42.3 Å². The van der Waals surface area contributed by atoms with Gasteiger partial charge in [-0.05, 0) is 77.8 Å². The van der Waals surface area contributed by atoms with Crippen LogP contribution in [-0.4, -0.2) is 44.2 Å². The lowest BCUT2D eigenvalue weighted by Gasteiger charge is -2.38. The molecule has 0 bridgehead atoms. The van der Waals surface area contributed by atoms with Crippen LogP contribution in [0.2, 0.25) is 5.02 Å². The van der Waals surface area contributed by atoms with Crippen LogP contribution in [0.15, 0.2) is 48.0 Å². The second kappa shape index (κ2) is 10.3. The predicted octanol–water partition coefficient (Wildman–Crippen LogP) is 5.60. The van der Waals surface area contributed by atoms with E-state index in [-0.39, 0.29) is 11.9 Å². The molecule has 1 saturated heterocycles. The first-order valence-electron chi connectivity index (χ1n) is 11.1. The van der Waals surface area contributed by atoms with E-state index in [0.717, 1.165) is 60.3 Å². The van der Waals surface area contributed by atoms with Crippen LogP contribution >= 0.6 is 23.2 Å². The fraction of sp³-hybridized carbons (Fsp3) is 0.423. The zero-order valence-electron chi connectivity index (χ0n) is 18.6. The van der Waals surface area contributed by atoms with E-state index < -0.39 is 0 Å². The van der Waals surface area contributed by atoms with Crippen LogP contribution in [0.3, 0.4) is 0 Å². The van der Waals surface area contributed by atoms with E-state index in [1.165, 1.54) is 23.8 Å². The number of carbonyl (C=O) groups is 1. The van der Waals surface area contributed by atoms with Crippen LogP contribution in [0.5, 0.6) is 5.75 Å². The smallest absolute Gasteiger partial charge is 0.311 e. The zero-order valence-corrected chi connectivity index (χ0v) is 20.1. The van der Waals surface area contributed by atoms with Gasteiger partial charge >= 0.3 is 5.97 Å². The van der Waals surface area contributed by atoms with Crippen LogP contribution in [0.1, 0.15) is 30.0 Å². The maximum absolute atomic E-state index is 11.6. The third-order valence-corrected chi connectivity index (χ3v) is 6.98. The second-order valence-electron chi connectivity index (χ2n) is 8.90. The number of nitrogens with zero attached hydrogens (tertiary/aromatic N) is 1. The van der Waals surface area contributed by atoms with E-state index in [1.54, 1.807) is 0 Å². The summed E-state index contributed by atoms with van der Waals surface area (Å²) in [4.78, 5) is 13.8. The molecule has 170 valence electrons. The summed E-state index contributed by atoms with van der Waals surface area (Å²) in [7, 11) is 1.45. The Morgan fingerprint density at radius 2 is 1.88 bits per heavy atom. The Morgan fingerprint density at radius 3 is 2.59 bits per heavy atom. The van der Waals surface area contributed by atoms with Crippen LogP contribution < -0.4 is 4.74 Å². The lowest BCUT2D eigenvalue weighted by atomic mass is 9.90. The molecule has 0 radical (unpaired) electrons. The Labute approximate surface area is 200 Å². The molecule has 1 heterocycles. The van der Waals surface area contributed by atoms with Crippen LogP contribution in [0.25, 0.3) is 5.03 Å². The van der Waals surface area contributed by atoms with Gasteiger partial charge in [0.1, 0.15) is 5.75 Å². The zero-order chi connectivity index (χ0) is 22.7. The minimum atomic E-state index is -0.120. The Bertz CT molecular complexity index is 997. The number of benzene rings is 2. The highest BCUT2D eigenvalue weighted by Gasteiger charge is 2.34. The average Bonchev–Trinajstić information content (AvgIpc) is 2.77. The number of rotatable bonds is 8. The van der Waals surface area contributed by atoms with Gasteiger partial charge in [0.2, 0.25) is 0 Å². The number of aryl methyl sites for hydroxylation is 1. The number of hydrogen-bond acceptors (Lipinski definition) is 4. The molecule has 0 spiro atoms. The summed E-state index contributed by atoms with van der Waals surface area (Å²) in [6.07, 6.45) is 2.84. The van der Waals surface area contributed by atoms with E-state index in [2.05, 4.69) is 36.1 Å². The van der Waals surface area contributed by atoms with Crippen molar-refractivity contribution in [2.75, 3.05) is 33.4 Å². The van der Waals surface area contributed by atoms with Crippen LogP contribution in [-0.2, 0) is 22.4 Å². The molecule has 0 amide bonds. The first-order valence-corrected chi connectivity index (χ1v) is 11.9. The van der Waals surface area contributed by atoms with Gasteiger partial charge in [-0.2, -0.15) is 0 Å². The highest BCUT2D eigenvalue weighted by Crippen LogP contribution is 2.37. The molecule has 1 fully saturated rings. The minimum absolute atomic E-state index is 0.00274. The first kappa shape index (κ1) is 23.2. The van der Waals surface area contributed by atoms with Gasteiger partial charge in [0.25, 0.3) is 0 Å². The molecule has 0 saturated carbocycles. The largest absolute Gasteiger partial charge is 0.493 e. The van der Waals surface area contributed by atoms with Crippen molar-refractivity contribution in [3.8, 4) is 5.75 Å². The Hall–Kier alpha value is -2.01. The summed E-state index contributed by atoms with van der Waals surface area (Å²) in [5, 5.41) is 1.60. The highest BCUT2D eigenvalue weighted by molar-refractivity contribution is 6.49. The molecule has 1 aliphatic carbocycles. The number of fused-ring (bicyclic) bond motifs is 1. The van der Waals surface area contributed by atoms with Crippen molar-refractivity contribution in [3.05, 3.63) is 69.8 Å². The molecule has 0 N–H and O–H groups in total. The van der Waals surface area contributed by atoms with Crippen molar-refractivity contribution in [2.24, 2.45) is 11.8 Å². The molecule has 1 aliphatic heterocycles. The molecular formula is C26H29Cl2NO3. The van der Waals surface area contributed by atoms with Crippen molar-refractivity contribution < 1.29 is 14.3 Å². The lowest BCUT2D eigenvalue weighted by molar-refractivity contribution is -0.151. The number of esters is 1. The van der Waals surface area contributed by atoms with Crippen molar-refractivity contribution in [2.45, 2.75) is 26.2 Å². The van der Waals surface area contributed by atoms with Gasteiger partial charge in [0, 0.05) is 29.7 Å². The van der Waals surface area contributed by atoms with Crippen molar-refractivity contribution in [3.63, 3.8) is 0 Å². The van der Waals surface area contributed by atoms with Crippen molar-refractivity contribution >= 4 is 34.2 Å².